The molecule has 3 aromatic rings. The number of aromatic nitrogens is 1. The summed E-state index contributed by atoms with van der Waals surface area (Å²) in [5, 5.41) is 8.59. The number of alkyl carbamates (subject to hydrolysis) is 1. The number of methoxy groups -OCH3 is 1. The van der Waals surface area contributed by atoms with E-state index in [0.717, 1.165) is 21.8 Å². The van der Waals surface area contributed by atoms with Gasteiger partial charge >= 0.3 is 6.09 Å². The molecule has 2 amide bonds. The number of rotatable bonds is 11. The van der Waals surface area contributed by atoms with Crippen LogP contribution in [0.1, 0.15) is 47.6 Å². The molecule has 9 nitrogen and oxygen atoms in total. The monoisotopic (exact) mass is 530 g/mol. The highest BCUT2D eigenvalue weighted by Gasteiger charge is 2.26. The largest absolute Gasteiger partial charge is 0.453 e. The van der Waals surface area contributed by atoms with Crippen LogP contribution in [0.3, 0.4) is 0 Å². The third-order valence-corrected chi connectivity index (χ3v) is 6.96. The number of thiazole rings is 1. The van der Waals surface area contributed by atoms with Gasteiger partial charge in [0.25, 0.3) is 11.3 Å². The summed E-state index contributed by atoms with van der Waals surface area (Å²) in [6.07, 6.45) is 0.0375. The summed E-state index contributed by atoms with van der Waals surface area (Å²) in [4.78, 5) is 30.1. The van der Waals surface area contributed by atoms with Crippen molar-refractivity contribution in [1.29, 1.82) is 0 Å². The summed E-state index contributed by atoms with van der Waals surface area (Å²) in [5.74, 6) is -0.112. The number of nitrogens with zero attached hydrogens (tertiary/aromatic N) is 1. The normalized spacial score (nSPS) is 13.5. The first kappa shape index (κ1) is 27.3. The first-order chi connectivity index (χ1) is 17.2. The third kappa shape index (κ3) is 8.14. The van der Waals surface area contributed by atoms with Gasteiger partial charge in [0.05, 0.1) is 23.9 Å². The maximum atomic E-state index is 13.4. The zero-order chi connectivity index (χ0) is 26.1. The molecule has 1 heterocycles. The van der Waals surface area contributed by atoms with E-state index in [1.807, 2.05) is 47.8 Å². The molecule has 4 N–H and O–H groups in total. The van der Waals surface area contributed by atoms with E-state index in [2.05, 4.69) is 29.2 Å². The van der Waals surface area contributed by atoms with E-state index in [9.17, 15) is 13.8 Å². The molecule has 1 unspecified atom stereocenters. The van der Waals surface area contributed by atoms with E-state index in [1.165, 1.54) is 18.4 Å². The van der Waals surface area contributed by atoms with Gasteiger partial charge in [-0.1, -0.05) is 56.3 Å². The van der Waals surface area contributed by atoms with Gasteiger partial charge in [-0.2, -0.15) is 0 Å². The van der Waals surface area contributed by atoms with E-state index in [-0.39, 0.29) is 11.8 Å². The fourth-order valence-corrected chi connectivity index (χ4v) is 4.76. The summed E-state index contributed by atoms with van der Waals surface area (Å²) in [6.45, 7) is 4.12. The van der Waals surface area contributed by atoms with Gasteiger partial charge in [0.1, 0.15) is 6.04 Å². The third-order valence-electron chi connectivity index (χ3n) is 5.38. The molecule has 0 spiro atoms. The molecule has 36 heavy (non-hydrogen) atoms. The zero-order valence-corrected chi connectivity index (χ0v) is 21.9. The zero-order valence-electron chi connectivity index (χ0n) is 20.3. The Labute approximate surface area is 217 Å². The second-order valence-electron chi connectivity index (χ2n) is 8.46. The van der Waals surface area contributed by atoms with Gasteiger partial charge in [-0.05, 0) is 29.7 Å². The molecule has 0 aliphatic carbocycles. The Morgan fingerprint density at radius 3 is 2.28 bits per heavy atom. The molecule has 0 radical (unpaired) electrons. The van der Waals surface area contributed by atoms with Gasteiger partial charge < -0.3 is 15.4 Å². The van der Waals surface area contributed by atoms with Crippen molar-refractivity contribution in [3.05, 3.63) is 81.8 Å². The summed E-state index contributed by atoms with van der Waals surface area (Å²) < 4.78 is 27.2. The molecular formula is C25H30N4O5S2. The molecule has 0 saturated carbocycles. The standard InChI is InChI=1S/C25H30N4O5S2/c1-16(2)24-27-22(15-35-24)20(13-18-9-11-19(12-10-18)29-36(32)33)26-23(30)21(28-25(31)34-3)14-17-7-5-4-6-8-17/h4-12,15-16,20-21,29H,13-14H2,1-3H3,(H,26,30)(H,28,31)(H,32,33)/t20-,21-/m0/s1. The Morgan fingerprint density at radius 1 is 1.03 bits per heavy atom. The average molecular weight is 531 g/mol. The number of carbonyl (C=O) groups excluding carboxylic acids is 2. The minimum Gasteiger partial charge on any atom is -0.453 e. The topological polar surface area (TPSA) is 130 Å². The Bertz CT molecular complexity index is 1170. The summed E-state index contributed by atoms with van der Waals surface area (Å²) in [5.41, 5.74) is 3.02. The quantitative estimate of drug-likeness (QED) is 0.275. The minimum absolute atomic E-state index is 0.247. The Balaban J connectivity index is 1.84. The molecule has 3 rings (SSSR count). The van der Waals surface area contributed by atoms with Crippen LogP contribution in [-0.4, -0.2) is 38.9 Å². The smallest absolute Gasteiger partial charge is 0.407 e. The number of hydrogen-bond donors (Lipinski definition) is 4. The predicted molar refractivity (Wildman–Crippen MR) is 141 cm³/mol. The van der Waals surface area contributed by atoms with Crippen molar-refractivity contribution in [2.45, 2.75) is 44.7 Å². The lowest BCUT2D eigenvalue weighted by atomic mass is 10.0. The van der Waals surface area contributed by atoms with Crippen molar-refractivity contribution in [3.8, 4) is 0 Å². The number of anilines is 1. The summed E-state index contributed by atoms with van der Waals surface area (Å²) >= 11 is -0.627. The lowest BCUT2D eigenvalue weighted by molar-refractivity contribution is -0.123. The molecule has 0 fully saturated rings. The molecule has 0 bridgehead atoms. The number of hydrogen-bond acceptors (Lipinski definition) is 6. The molecule has 0 aliphatic heterocycles. The molecular weight excluding hydrogens is 500 g/mol. The van der Waals surface area contributed by atoms with Crippen molar-refractivity contribution in [2.75, 3.05) is 11.8 Å². The van der Waals surface area contributed by atoms with Gasteiger partial charge in [-0.25, -0.2) is 14.0 Å². The predicted octanol–water partition coefficient (Wildman–Crippen LogP) is 4.18. The van der Waals surface area contributed by atoms with Gasteiger partial charge in [0.2, 0.25) is 5.91 Å². The highest BCUT2D eigenvalue weighted by Crippen LogP contribution is 2.26. The minimum atomic E-state index is -2.16. The van der Waals surface area contributed by atoms with Crippen LogP contribution in [0, 0.1) is 0 Å². The van der Waals surface area contributed by atoms with Crippen molar-refractivity contribution >= 4 is 40.3 Å². The first-order valence-electron chi connectivity index (χ1n) is 11.4. The van der Waals surface area contributed by atoms with Crippen LogP contribution in [0.25, 0.3) is 0 Å². The molecule has 0 aliphatic rings. The van der Waals surface area contributed by atoms with Crippen LogP contribution < -0.4 is 15.4 Å². The van der Waals surface area contributed by atoms with Crippen molar-refractivity contribution < 1.29 is 23.1 Å². The van der Waals surface area contributed by atoms with Crippen LogP contribution >= 0.6 is 11.3 Å². The average Bonchev–Trinajstić information content (AvgIpc) is 3.35. The SMILES string of the molecule is COC(=O)N[C@@H](Cc1ccccc1)C(=O)N[C@@H](Cc1ccc(NS(=O)O)cc1)c1csc(C(C)C)n1. The van der Waals surface area contributed by atoms with E-state index < -0.39 is 29.4 Å². The second kappa shape index (κ2) is 13.1. The summed E-state index contributed by atoms with van der Waals surface area (Å²) in [6, 6.07) is 15.1. The Morgan fingerprint density at radius 2 is 1.69 bits per heavy atom. The van der Waals surface area contributed by atoms with Crippen LogP contribution in [0.15, 0.2) is 60.0 Å². The maximum absolute atomic E-state index is 13.4. The van der Waals surface area contributed by atoms with E-state index in [4.69, 9.17) is 14.3 Å². The summed E-state index contributed by atoms with van der Waals surface area (Å²) in [7, 11) is 1.25. The van der Waals surface area contributed by atoms with Crippen molar-refractivity contribution in [3.63, 3.8) is 0 Å². The lowest BCUT2D eigenvalue weighted by Crippen LogP contribution is -2.49. The molecule has 3 atom stereocenters. The van der Waals surface area contributed by atoms with Crippen LogP contribution in [0.2, 0.25) is 0 Å². The van der Waals surface area contributed by atoms with Gasteiger partial charge in [0.15, 0.2) is 0 Å². The Hall–Kier alpha value is -3.28. The lowest BCUT2D eigenvalue weighted by Gasteiger charge is -2.23. The Kier molecular flexibility index (Phi) is 9.97. The van der Waals surface area contributed by atoms with E-state index in [0.29, 0.717) is 18.5 Å². The van der Waals surface area contributed by atoms with Crippen LogP contribution in [0.5, 0.6) is 0 Å². The fraction of sp³-hybridized carbons (Fsp3) is 0.320. The number of ether oxygens (including phenoxy) is 1. The highest BCUT2D eigenvalue weighted by molar-refractivity contribution is 7.80. The van der Waals surface area contributed by atoms with E-state index >= 15 is 0 Å². The number of nitrogens with one attached hydrogen (secondary N) is 3. The highest BCUT2D eigenvalue weighted by atomic mass is 32.2. The number of carbonyl (C=O) groups is 2. The van der Waals surface area contributed by atoms with Crippen LogP contribution in [-0.2, 0) is 33.6 Å². The second-order valence-corrected chi connectivity index (χ2v) is 10.0. The number of amides is 2. The molecule has 2 aromatic carbocycles. The maximum Gasteiger partial charge on any atom is 0.407 e. The molecule has 11 heteroatoms. The molecule has 1 aromatic heterocycles. The first-order valence-corrected chi connectivity index (χ1v) is 13.3. The van der Waals surface area contributed by atoms with Crippen molar-refractivity contribution in [1.82, 2.24) is 15.6 Å². The molecule has 0 saturated heterocycles. The van der Waals surface area contributed by atoms with Crippen molar-refractivity contribution in [2.24, 2.45) is 0 Å². The van der Waals surface area contributed by atoms with Gasteiger partial charge in [0, 0.05) is 23.4 Å². The van der Waals surface area contributed by atoms with Gasteiger partial charge in [-0.15, -0.1) is 11.3 Å². The van der Waals surface area contributed by atoms with E-state index in [1.54, 1.807) is 12.1 Å². The van der Waals surface area contributed by atoms with Gasteiger partial charge in [-0.3, -0.25) is 14.1 Å². The van der Waals surface area contributed by atoms with Crippen LogP contribution in [0.4, 0.5) is 10.5 Å². The molecule has 192 valence electrons. The number of benzene rings is 2. The fourth-order valence-electron chi connectivity index (χ4n) is 3.53.